The van der Waals surface area contributed by atoms with Crippen LogP contribution in [0.5, 0.6) is 0 Å². The highest BCUT2D eigenvalue weighted by atomic mass is 35.5. The summed E-state index contributed by atoms with van der Waals surface area (Å²) in [4.78, 5) is 5.05. The van der Waals surface area contributed by atoms with Crippen molar-refractivity contribution in [2.45, 2.75) is 6.61 Å². The van der Waals surface area contributed by atoms with Gasteiger partial charge in [0.2, 0.25) is 0 Å². The minimum Gasteiger partial charge on any atom is -0.390 e. The van der Waals surface area contributed by atoms with Crippen molar-refractivity contribution in [2.24, 2.45) is 5.16 Å². The van der Waals surface area contributed by atoms with Crippen molar-refractivity contribution in [3.05, 3.63) is 70.5 Å². The molecule has 0 saturated heterocycles. The molecule has 4 heteroatoms. The van der Waals surface area contributed by atoms with Crippen LogP contribution < -0.4 is 0 Å². The average Bonchev–Trinajstić information content (AvgIpc) is 2.37. The van der Waals surface area contributed by atoms with Crippen LogP contribution in [0.25, 0.3) is 0 Å². The molecule has 0 spiro atoms. The first-order valence-electron chi connectivity index (χ1n) is 5.33. The Hall–Kier alpha value is -1.87. The Labute approximate surface area is 110 Å². The monoisotopic (exact) mass is 262 g/mol. The minimum absolute atomic E-state index is 0.252. The van der Waals surface area contributed by atoms with E-state index in [0.717, 1.165) is 5.56 Å². The molecule has 2 aromatic rings. The standard InChI is InChI=1S/C14H10ClFNO/c15-14-7-2-1-5-12(14)10-18-17-9-11-4-3-6-13(16)8-11/h1-8H,10H2. The summed E-state index contributed by atoms with van der Waals surface area (Å²) in [5, 5.41) is 4.27. The number of benzene rings is 2. The topological polar surface area (TPSA) is 21.6 Å². The van der Waals surface area contributed by atoms with Gasteiger partial charge in [-0.05, 0) is 18.2 Å². The maximum atomic E-state index is 12.9. The second-order valence-corrected chi connectivity index (χ2v) is 3.99. The molecular weight excluding hydrogens is 253 g/mol. The molecule has 0 aliphatic heterocycles. The number of hydrogen-bond acceptors (Lipinski definition) is 2. The number of rotatable bonds is 4. The van der Waals surface area contributed by atoms with Crippen LogP contribution in [0, 0.1) is 5.82 Å². The molecule has 0 bridgehead atoms. The van der Waals surface area contributed by atoms with Gasteiger partial charge in [-0.15, -0.1) is 0 Å². The van der Waals surface area contributed by atoms with Gasteiger partial charge in [0.25, 0.3) is 0 Å². The van der Waals surface area contributed by atoms with Crippen LogP contribution in [0.2, 0.25) is 5.02 Å². The second kappa shape index (κ2) is 6.17. The van der Waals surface area contributed by atoms with Crippen LogP contribution in [0.3, 0.4) is 0 Å². The number of hydrogen-bond donors (Lipinski definition) is 0. The van der Waals surface area contributed by atoms with Crippen LogP contribution in [0.15, 0.2) is 53.7 Å². The zero-order chi connectivity index (χ0) is 12.8. The van der Waals surface area contributed by atoms with Gasteiger partial charge in [0.15, 0.2) is 0 Å². The lowest BCUT2D eigenvalue weighted by Gasteiger charge is -2.01. The van der Waals surface area contributed by atoms with E-state index in [9.17, 15) is 4.39 Å². The summed E-state index contributed by atoms with van der Waals surface area (Å²) < 4.78 is 12.9. The maximum Gasteiger partial charge on any atom is 0.143 e. The Morgan fingerprint density at radius 3 is 2.78 bits per heavy atom. The molecule has 0 aliphatic carbocycles. The highest BCUT2D eigenvalue weighted by Crippen LogP contribution is 2.15. The van der Waals surface area contributed by atoms with Gasteiger partial charge < -0.3 is 4.84 Å². The lowest BCUT2D eigenvalue weighted by molar-refractivity contribution is 0.132. The Morgan fingerprint density at radius 2 is 2.00 bits per heavy atom. The summed E-state index contributed by atoms with van der Waals surface area (Å²) in [6, 6.07) is 13.3. The molecule has 0 N–H and O–H groups in total. The van der Waals surface area contributed by atoms with Gasteiger partial charge in [0.05, 0.1) is 0 Å². The van der Waals surface area contributed by atoms with E-state index in [-0.39, 0.29) is 12.4 Å². The summed E-state index contributed by atoms with van der Waals surface area (Å²) in [7, 11) is 0. The van der Waals surface area contributed by atoms with Crippen molar-refractivity contribution < 1.29 is 9.23 Å². The quantitative estimate of drug-likeness (QED) is 0.605. The first-order chi connectivity index (χ1) is 8.75. The fraction of sp³-hybridized carbons (Fsp3) is 0.0714. The molecule has 2 nitrogen and oxygen atoms in total. The van der Waals surface area contributed by atoms with E-state index in [1.807, 2.05) is 18.2 Å². The zero-order valence-corrected chi connectivity index (χ0v) is 10.2. The van der Waals surface area contributed by atoms with Crippen LogP contribution in [0.4, 0.5) is 4.39 Å². The summed E-state index contributed by atoms with van der Waals surface area (Å²) in [5.74, 6) is -0.332. The van der Waals surface area contributed by atoms with Gasteiger partial charge >= 0.3 is 0 Å². The van der Waals surface area contributed by atoms with Crippen LogP contribution >= 0.6 is 11.6 Å². The summed E-state index contributed by atoms with van der Waals surface area (Å²) in [6.45, 7) is 0.252. The maximum absolute atomic E-state index is 12.9. The summed E-state index contributed by atoms with van der Waals surface area (Å²) in [6.07, 6.45) is 2.59. The van der Waals surface area contributed by atoms with Crippen LogP contribution in [-0.2, 0) is 11.4 Å². The van der Waals surface area contributed by atoms with Gasteiger partial charge in [0, 0.05) is 16.1 Å². The van der Waals surface area contributed by atoms with Gasteiger partial charge in [-0.25, -0.2) is 4.39 Å². The van der Waals surface area contributed by atoms with E-state index < -0.39 is 0 Å². The molecule has 18 heavy (non-hydrogen) atoms. The van der Waals surface area contributed by atoms with E-state index in [4.69, 9.17) is 16.4 Å². The molecule has 0 unspecified atom stereocenters. The van der Waals surface area contributed by atoms with Gasteiger partial charge in [-0.3, -0.25) is 0 Å². The van der Waals surface area contributed by atoms with E-state index in [0.29, 0.717) is 10.6 Å². The highest BCUT2D eigenvalue weighted by Gasteiger charge is 1.98. The lowest BCUT2D eigenvalue weighted by atomic mass is 10.2. The zero-order valence-electron chi connectivity index (χ0n) is 9.44. The van der Waals surface area contributed by atoms with E-state index in [2.05, 4.69) is 11.4 Å². The SMILES string of the molecule is Fc1cccc(/[C]=N\OCc2ccccc2Cl)c1. The van der Waals surface area contributed by atoms with Gasteiger partial charge in [-0.1, -0.05) is 47.1 Å². The Bertz CT molecular complexity index is 557. The van der Waals surface area contributed by atoms with Gasteiger partial charge in [0.1, 0.15) is 18.6 Å². The summed E-state index contributed by atoms with van der Waals surface area (Å²) >= 11 is 5.95. The first-order valence-corrected chi connectivity index (χ1v) is 5.70. The van der Waals surface area contributed by atoms with Gasteiger partial charge in [-0.2, -0.15) is 0 Å². The minimum atomic E-state index is -0.332. The second-order valence-electron chi connectivity index (χ2n) is 3.58. The van der Waals surface area contributed by atoms with Crippen molar-refractivity contribution in [3.63, 3.8) is 0 Å². The average molecular weight is 263 g/mol. The Balaban J connectivity index is 1.91. The smallest absolute Gasteiger partial charge is 0.143 e. The van der Waals surface area contributed by atoms with E-state index in [1.165, 1.54) is 12.1 Å². The van der Waals surface area contributed by atoms with Crippen molar-refractivity contribution >= 4 is 17.8 Å². The van der Waals surface area contributed by atoms with Crippen LogP contribution in [0.1, 0.15) is 11.1 Å². The predicted octanol–water partition coefficient (Wildman–Crippen LogP) is 3.91. The highest BCUT2D eigenvalue weighted by molar-refractivity contribution is 6.31. The fourth-order valence-electron chi connectivity index (χ4n) is 1.36. The third-order valence-electron chi connectivity index (χ3n) is 2.24. The van der Waals surface area contributed by atoms with E-state index >= 15 is 0 Å². The van der Waals surface area contributed by atoms with Crippen molar-refractivity contribution in [3.8, 4) is 0 Å². The molecule has 91 valence electrons. The largest absolute Gasteiger partial charge is 0.390 e. The summed E-state index contributed by atoms with van der Waals surface area (Å²) in [5.41, 5.74) is 1.36. The Kier molecular flexibility index (Phi) is 4.31. The van der Waals surface area contributed by atoms with Crippen molar-refractivity contribution in [2.75, 3.05) is 0 Å². The van der Waals surface area contributed by atoms with Crippen molar-refractivity contribution in [1.82, 2.24) is 0 Å². The third-order valence-corrected chi connectivity index (χ3v) is 2.61. The molecule has 0 aliphatic rings. The molecule has 0 heterocycles. The Morgan fingerprint density at radius 1 is 1.17 bits per heavy atom. The first kappa shape index (κ1) is 12.6. The fourth-order valence-corrected chi connectivity index (χ4v) is 1.55. The number of nitrogens with zero attached hydrogens (tertiary/aromatic N) is 1. The van der Waals surface area contributed by atoms with Crippen molar-refractivity contribution in [1.29, 1.82) is 0 Å². The molecular formula is C14H10ClFNO. The normalized spacial score (nSPS) is 10.8. The number of halogens is 2. The lowest BCUT2D eigenvalue weighted by Crippen LogP contribution is -1.89. The molecule has 2 aromatic carbocycles. The molecule has 0 fully saturated rings. The third kappa shape index (κ3) is 3.57. The molecule has 2 rings (SSSR count). The molecule has 0 atom stereocenters. The molecule has 0 saturated carbocycles. The molecule has 0 aromatic heterocycles. The predicted molar refractivity (Wildman–Crippen MR) is 69.2 cm³/mol. The van der Waals surface area contributed by atoms with E-state index in [1.54, 1.807) is 18.2 Å². The van der Waals surface area contributed by atoms with Crippen LogP contribution in [-0.4, -0.2) is 6.21 Å². The molecule has 0 amide bonds. The molecule has 1 radical (unpaired) electrons.